The summed E-state index contributed by atoms with van der Waals surface area (Å²) in [6, 6.07) is 0. The van der Waals surface area contributed by atoms with Gasteiger partial charge in [-0.05, 0) is 18.3 Å². The van der Waals surface area contributed by atoms with Crippen LogP contribution in [-0.4, -0.2) is 17.6 Å². The van der Waals surface area contributed by atoms with Crippen molar-refractivity contribution in [2.75, 3.05) is 6.61 Å². The average Bonchev–Trinajstić information content (AvgIpc) is 2.04. The van der Waals surface area contributed by atoms with Crippen LogP contribution in [0, 0.1) is 17.3 Å². The van der Waals surface area contributed by atoms with E-state index in [4.69, 9.17) is 5.73 Å². The van der Waals surface area contributed by atoms with Crippen LogP contribution in [0.1, 0.15) is 27.2 Å². The molecule has 0 aliphatic carbocycles. The maximum Gasteiger partial charge on any atom is 0.224 e. The molecule has 0 radical (unpaired) electrons. The van der Waals surface area contributed by atoms with Crippen molar-refractivity contribution in [3.63, 3.8) is 0 Å². The van der Waals surface area contributed by atoms with Crippen LogP contribution in [0.15, 0.2) is 12.7 Å². The number of allylic oxidation sites excluding steroid dienone is 1. The molecule has 3 N–H and O–H groups in total. The second kappa shape index (κ2) is 5.15. The molecule has 1 amide bonds. The highest BCUT2D eigenvalue weighted by molar-refractivity contribution is 5.81. The molecule has 3 nitrogen and oxygen atoms in total. The van der Waals surface area contributed by atoms with Crippen LogP contribution in [0.3, 0.4) is 0 Å². The lowest BCUT2D eigenvalue weighted by molar-refractivity contribution is -0.132. The van der Waals surface area contributed by atoms with E-state index in [0.717, 1.165) is 0 Å². The fraction of sp³-hybridized carbons (Fsp3) is 0.727. The number of amides is 1. The highest BCUT2D eigenvalue weighted by Crippen LogP contribution is 2.36. The van der Waals surface area contributed by atoms with Crippen molar-refractivity contribution in [1.82, 2.24) is 0 Å². The Morgan fingerprint density at radius 1 is 1.64 bits per heavy atom. The van der Waals surface area contributed by atoms with Crippen molar-refractivity contribution in [3.05, 3.63) is 12.7 Å². The lowest BCUT2D eigenvalue weighted by Crippen LogP contribution is -2.44. The molecule has 0 rings (SSSR count). The molecule has 0 aromatic heterocycles. The molecule has 0 saturated heterocycles. The van der Waals surface area contributed by atoms with Crippen molar-refractivity contribution in [2.45, 2.75) is 27.2 Å². The minimum absolute atomic E-state index is 0.0229. The molecule has 0 fully saturated rings. The topological polar surface area (TPSA) is 63.3 Å². The first-order valence-electron chi connectivity index (χ1n) is 4.91. The van der Waals surface area contributed by atoms with Gasteiger partial charge in [-0.15, -0.1) is 6.58 Å². The Hall–Kier alpha value is -0.830. The van der Waals surface area contributed by atoms with Crippen LogP contribution in [0.2, 0.25) is 0 Å². The Kier molecular flexibility index (Phi) is 4.85. The van der Waals surface area contributed by atoms with E-state index < -0.39 is 5.41 Å². The summed E-state index contributed by atoms with van der Waals surface area (Å²) in [6.07, 6.45) is 2.18. The number of rotatable bonds is 6. The Balaban J connectivity index is 4.94. The molecule has 0 aliphatic heterocycles. The number of carbonyl (C=O) groups is 1. The van der Waals surface area contributed by atoms with Crippen molar-refractivity contribution >= 4 is 5.91 Å². The Bertz CT molecular complexity index is 213. The van der Waals surface area contributed by atoms with Gasteiger partial charge in [-0.1, -0.05) is 26.8 Å². The number of nitrogens with two attached hydrogens (primary N) is 1. The molecule has 0 saturated carbocycles. The highest BCUT2D eigenvalue weighted by atomic mass is 16.3. The minimum Gasteiger partial charge on any atom is -0.396 e. The number of aliphatic hydroxyl groups excluding tert-OH is 1. The van der Waals surface area contributed by atoms with E-state index in [0.29, 0.717) is 6.42 Å². The van der Waals surface area contributed by atoms with Gasteiger partial charge in [0.05, 0.1) is 5.41 Å². The maximum absolute atomic E-state index is 11.4. The first kappa shape index (κ1) is 13.2. The smallest absolute Gasteiger partial charge is 0.224 e. The standard InChI is InChI=1S/C11H21NO2/c1-5-6-11(4,10(12)14)9(7-13)8(2)3/h5,8-9,13H,1,6-7H2,2-4H3,(H2,12,14). The van der Waals surface area contributed by atoms with E-state index in [1.807, 2.05) is 13.8 Å². The predicted octanol–water partition coefficient (Wildman–Crippen LogP) is 1.32. The van der Waals surface area contributed by atoms with E-state index in [-0.39, 0.29) is 24.3 Å². The summed E-state index contributed by atoms with van der Waals surface area (Å²) in [6.45, 7) is 9.34. The molecular formula is C11H21NO2. The van der Waals surface area contributed by atoms with Crippen molar-refractivity contribution in [1.29, 1.82) is 0 Å². The molecule has 0 heterocycles. The van der Waals surface area contributed by atoms with Gasteiger partial charge in [0.1, 0.15) is 0 Å². The Morgan fingerprint density at radius 3 is 2.36 bits per heavy atom. The number of hydrogen-bond donors (Lipinski definition) is 2. The number of primary amides is 1. The van der Waals surface area contributed by atoms with Crippen LogP contribution < -0.4 is 5.73 Å². The number of hydrogen-bond acceptors (Lipinski definition) is 2. The van der Waals surface area contributed by atoms with Gasteiger partial charge in [0.25, 0.3) is 0 Å². The van der Waals surface area contributed by atoms with Crippen molar-refractivity contribution < 1.29 is 9.90 Å². The summed E-state index contributed by atoms with van der Waals surface area (Å²) >= 11 is 0. The van der Waals surface area contributed by atoms with Gasteiger partial charge < -0.3 is 10.8 Å². The van der Waals surface area contributed by atoms with E-state index in [9.17, 15) is 9.90 Å². The predicted molar refractivity (Wildman–Crippen MR) is 57.5 cm³/mol. The third-order valence-electron chi connectivity index (χ3n) is 2.95. The van der Waals surface area contributed by atoms with Gasteiger partial charge in [-0.3, -0.25) is 4.79 Å². The molecule has 82 valence electrons. The third-order valence-corrected chi connectivity index (χ3v) is 2.95. The zero-order valence-corrected chi connectivity index (χ0v) is 9.29. The molecule has 0 spiro atoms. The Morgan fingerprint density at radius 2 is 2.14 bits per heavy atom. The first-order valence-corrected chi connectivity index (χ1v) is 4.91. The maximum atomic E-state index is 11.4. The largest absolute Gasteiger partial charge is 0.396 e. The molecule has 3 heteroatoms. The summed E-state index contributed by atoms with van der Waals surface area (Å²) in [5, 5.41) is 9.27. The SMILES string of the molecule is C=CCC(C)(C(N)=O)C(CO)C(C)C. The summed E-state index contributed by atoms with van der Waals surface area (Å²) in [4.78, 5) is 11.4. The molecule has 0 bridgehead atoms. The van der Waals surface area contributed by atoms with Crippen LogP contribution in [0.4, 0.5) is 0 Å². The van der Waals surface area contributed by atoms with Crippen molar-refractivity contribution in [3.8, 4) is 0 Å². The normalized spacial score (nSPS) is 17.5. The van der Waals surface area contributed by atoms with Crippen molar-refractivity contribution in [2.24, 2.45) is 23.0 Å². The van der Waals surface area contributed by atoms with Gasteiger partial charge in [0, 0.05) is 6.61 Å². The fourth-order valence-electron chi connectivity index (χ4n) is 1.88. The van der Waals surface area contributed by atoms with Gasteiger partial charge >= 0.3 is 0 Å². The second-order valence-corrected chi connectivity index (χ2v) is 4.31. The third kappa shape index (κ3) is 2.58. The van der Waals surface area contributed by atoms with Gasteiger partial charge in [-0.2, -0.15) is 0 Å². The van der Waals surface area contributed by atoms with Crippen LogP contribution in [0.5, 0.6) is 0 Å². The van der Waals surface area contributed by atoms with Crippen LogP contribution >= 0.6 is 0 Å². The van der Waals surface area contributed by atoms with E-state index in [1.54, 1.807) is 13.0 Å². The van der Waals surface area contributed by atoms with Crippen LogP contribution in [0.25, 0.3) is 0 Å². The summed E-state index contributed by atoms with van der Waals surface area (Å²) in [5.74, 6) is -0.263. The Labute approximate surface area is 86.0 Å². The molecule has 0 aromatic carbocycles. The van der Waals surface area contributed by atoms with Crippen LogP contribution in [-0.2, 0) is 4.79 Å². The first-order chi connectivity index (χ1) is 6.40. The average molecular weight is 199 g/mol. The number of aliphatic hydroxyl groups is 1. The lowest BCUT2D eigenvalue weighted by atomic mass is 9.69. The second-order valence-electron chi connectivity index (χ2n) is 4.31. The minimum atomic E-state index is -0.690. The van der Waals surface area contributed by atoms with Gasteiger partial charge in [0.2, 0.25) is 5.91 Å². The van der Waals surface area contributed by atoms with E-state index >= 15 is 0 Å². The lowest BCUT2D eigenvalue weighted by Gasteiger charge is -2.35. The monoisotopic (exact) mass is 199 g/mol. The van der Waals surface area contributed by atoms with E-state index in [1.165, 1.54) is 0 Å². The molecule has 2 unspecified atom stereocenters. The van der Waals surface area contributed by atoms with Gasteiger partial charge in [0.15, 0.2) is 0 Å². The molecule has 0 aliphatic rings. The van der Waals surface area contributed by atoms with Gasteiger partial charge in [-0.25, -0.2) is 0 Å². The molecule has 2 atom stereocenters. The summed E-state index contributed by atoms with van der Waals surface area (Å²) in [7, 11) is 0. The zero-order chi connectivity index (χ0) is 11.4. The summed E-state index contributed by atoms with van der Waals surface area (Å²) in [5.41, 5.74) is 4.68. The zero-order valence-electron chi connectivity index (χ0n) is 9.29. The molecular weight excluding hydrogens is 178 g/mol. The summed E-state index contributed by atoms with van der Waals surface area (Å²) < 4.78 is 0. The quantitative estimate of drug-likeness (QED) is 0.634. The fourth-order valence-corrected chi connectivity index (χ4v) is 1.88. The van der Waals surface area contributed by atoms with E-state index in [2.05, 4.69) is 6.58 Å². The number of carbonyl (C=O) groups excluding carboxylic acids is 1. The molecule has 0 aromatic rings. The highest BCUT2D eigenvalue weighted by Gasteiger charge is 2.39. The molecule has 14 heavy (non-hydrogen) atoms.